The molecule has 1 aliphatic rings. The lowest BCUT2D eigenvalue weighted by Gasteiger charge is -2.29. The maximum absolute atomic E-state index is 14.4. The molecule has 3 aromatic rings. The molecule has 1 aliphatic heterocycles. The van der Waals surface area contributed by atoms with Gasteiger partial charge in [-0.2, -0.15) is 13.2 Å². The van der Waals surface area contributed by atoms with Gasteiger partial charge in [0, 0.05) is 26.1 Å². The molecule has 0 bridgehead atoms. The summed E-state index contributed by atoms with van der Waals surface area (Å²) < 4.78 is 54.3. The number of nitrogens with zero attached hydrogens (tertiary/aromatic N) is 3. The van der Waals surface area contributed by atoms with E-state index in [1.54, 1.807) is 13.0 Å². The van der Waals surface area contributed by atoms with Gasteiger partial charge in [-0.1, -0.05) is 25.1 Å². The van der Waals surface area contributed by atoms with Gasteiger partial charge in [-0.05, 0) is 48.7 Å². The van der Waals surface area contributed by atoms with Crippen LogP contribution in [0, 0.1) is 12.7 Å². The standard InChI is InChI=1S/C26H26F4N4O2/c1-3-11-34-24(36)20-15-33(23(35)19-9-4-16(2)13-21(19)27)12-10-22(20)32-25(34)31-14-17-5-7-18(8-6-17)26(28,29)30/h4-9,13H,3,10-12,14-15H2,1-2H3,(H,31,32). The predicted molar refractivity (Wildman–Crippen MR) is 127 cm³/mol. The highest BCUT2D eigenvalue weighted by molar-refractivity contribution is 5.94. The van der Waals surface area contributed by atoms with Crippen LogP contribution in [-0.2, 0) is 32.2 Å². The van der Waals surface area contributed by atoms with E-state index in [0.717, 1.165) is 12.1 Å². The number of anilines is 1. The van der Waals surface area contributed by atoms with Crippen molar-refractivity contribution in [3.63, 3.8) is 0 Å². The summed E-state index contributed by atoms with van der Waals surface area (Å²) in [5.41, 5.74) is 1.18. The number of nitrogens with one attached hydrogen (secondary N) is 1. The van der Waals surface area contributed by atoms with E-state index in [-0.39, 0.29) is 30.8 Å². The normalized spacial score (nSPS) is 13.4. The lowest BCUT2D eigenvalue weighted by molar-refractivity contribution is -0.137. The highest BCUT2D eigenvalue weighted by Crippen LogP contribution is 2.29. The van der Waals surface area contributed by atoms with Gasteiger partial charge in [0.15, 0.2) is 0 Å². The van der Waals surface area contributed by atoms with E-state index in [1.807, 2.05) is 6.92 Å². The second-order valence-electron chi connectivity index (χ2n) is 8.83. The van der Waals surface area contributed by atoms with Gasteiger partial charge in [-0.15, -0.1) is 0 Å². The molecule has 0 aliphatic carbocycles. The Morgan fingerprint density at radius 1 is 1.14 bits per heavy atom. The van der Waals surface area contributed by atoms with Crippen LogP contribution in [-0.4, -0.2) is 26.9 Å². The molecule has 1 amide bonds. The number of benzene rings is 2. The van der Waals surface area contributed by atoms with Gasteiger partial charge < -0.3 is 10.2 Å². The van der Waals surface area contributed by atoms with Crippen molar-refractivity contribution >= 4 is 11.9 Å². The van der Waals surface area contributed by atoms with Gasteiger partial charge in [0.1, 0.15) is 5.82 Å². The van der Waals surface area contributed by atoms with Crippen LogP contribution in [0.2, 0.25) is 0 Å². The number of carbonyl (C=O) groups is 1. The van der Waals surface area contributed by atoms with Crippen LogP contribution in [0.3, 0.4) is 0 Å². The molecule has 2 aromatic carbocycles. The Labute approximate surface area is 205 Å². The molecule has 6 nitrogen and oxygen atoms in total. The monoisotopic (exact) mass is 502 g/mol. The Bertz CT molecular complexity index is 1330. The van der Waals surface area contributed by atoms with Crippen LogP contribution >= 0.6 is 0 Å². The quantitative estimate of drug-likeness (QED) is 0.486. The Hall–Kier alpha value is -3.69. The number of hydrogen-bond donors (Lipinski definition) is 1. The minimum Gasteiger partial charge on any atom is -0.351 e. The largest absolute Gasteiger partial charge is 0.416 e. The molecular formula is C26H26F4N4O2. The smallest absolute Gasteiger partial charge is 0.351 e. The zero-order valence-electron chi connectivity index (χ0n) is 20.0. The Kier molecular flexibility index (Phi) is 7.14. The maximum atomic E-state index is 14.4. The van der Waals surface area contributed by atoms with Gasteiger partial charge in [-0.3, -0.25) is 14.2 Å². The van der Waals surface area contributed by atoms with E-state index in [0.29, 0.717) is 47.7 Å². The van der Waals surface area contributed by atoms with Crippen molar-refractivity contribution in [3.8, 4) is 0 Å². The number of carbonyl (C=O) groups excluding carboxylic acids is 1. The van der Waals surface area contributed by atoms with Gasteiger partial charge in [0.25, 0.3) is 11.5 Å². The average molecular weight is 503 g/mol. The number of aromatic nitrogens is 2. The molecule has 0 spiro atoms. The molecule has 0 saturated heterocycles. The van der Waals surface area contributed by atoms with Crippen molar-refractivity contribution in [2.24, 2.45) is 0 Å². The van der Waals surface area contributed by atoms with Gasteiger partial charge >= 0.3 is 6.18 Å². The van der Waals surface area contributed by atoms with E-state index < -0.39 is 23.5 Å². The number of fused-ring (bicyclic) bond motifs is 1. The van der Waals surface area contributed by atoms with Crippen molar-refractivity contribution in [1.82, 2.24) is 14.5 Å². The van der Waals surface area contributed by atoms with Gasteiger partial charge in [0.05, 0.1) is 28.9 Å². The van der Waals surface area contributed by atoms with Gasteiger partial charge in [-0.25, -0.2) is 9.37 Å². The Morgan fingerprint density at radius 3 is 2.50 bits per heavy atom. The minimum atomic E-state index is -4.41. The molecule has 10 heteroatoms. The summed E-state index contributed by atoms with van der Waals surface area (Å²) in [6.45, 7) is 4.50. The highest BCUT2D eigenvalue weighted by Gasteiger charge is 2.30. The molecule has 1 N–H and O–H groups in total. The zero-order valence-corrected chi connectivity index (χ0v) is 20.0. The summed E-state index contributed by atoms with van der Waals surface area (Å²) in [7, 11) is 0. The van der Waals surface area contributed by atoms with Crippen LogP contribution in [0.25, 0.3) is 0 Å². The molecule has 190 valence electrons. The predicted octanol–water partition coefficient (Wildman–Crippen LogP) is 4.93. The summed E-state index contributed by atoms with van der Waals surface area (Å²) in [6, 6.07) is 9.20. The minimum absolute atomic E-state index is 0.0240. The molecule has 0 radical (unpaired) electrons. The third-order valence-corrected chi connectivity index (χ3v) is 6.14. The fourth-order valence-electron chi connectivity index (χ4n) is 4.21. The fourth-order valence-corrected chi connectivity index (χ4v) is 4.21. The van der Waals surface area contributed by atoms with Gasteiger partial charge in [0.2, 0.25) is 5.95 Å². The van der Waals surface area contributed by atoms with Crippen LogP contribution < -0.4 is 10.9 Å². The Morgan fingerprint density at radius 2 is 1.86 bits per heavy atom. The number of hydrogen-bond acceptors (Lipinski definition) is 4. The van der Waals surface area contributed by atoms with E-state index in [2.05, 4.69) is 10.3 Å². The summed E-state index contributed by atoms with van der Waals surface area (Å²) in [5, 5.41) is 3.08. The second kappa shape index (κ2) is 10.1. The van der Waals surface area contributed by atoms with Crippen LogP contribution in [0.1, 0.15) is 51.7 Å². The summed E-state index contributed by atoms with van der Waals surface area (Å²) in [5.74, 6) is -0.760. The molecule has 0 saturated carbocycles. The van der Waals surface area contributed by atoms with Crippen LogP contribution in [0.15, 0.2) is 47.3 Å². The third-order valence-electron chi connectivity index (χ3n) is 6.14. The van der Waals surface area contributed by atoms with Crippen LogP contribution in [0.5, 0.6) is 0 Å². The molecule has 0 unspecified atom stereocenters. The van der Waals surface area contributed by atoms with E-state index in [4.69, 9.17) is 0 Å². The second-order valence-corrected chi connectivity index (χ2v) is 8.83. The molecule has 0 atom stereocenters. The van der Waals surface area contributed by atoms with E-state index >= 15 is 0 Å². The average Bonchev–Trinajstić information content (AvgIpc) is 2.84. The lowest BCUT2D eigenvalue weighted by Crippen LogP contribution is -2.41. The molecule has 4 rings (SSSR count). The van der Waals surface area contributed by atoms with E-state index in [1.165, 1.54) is 33.7 Å². The number of alkyl halides is 3. The topological polar surface area (TPSA) is 67.2 Å². The molecular weight excluding hydrogens is 476 g/mol. The molecule has 2 heterocycles. The van der Waals surface area contributed by atoms with E-state index in [9.17, 15) is 27.2 Å². The summed E-state index contributed by atoms with van der Waals surface area (Å²) in [6.07, 6.45) is -3.44. The molecule has 36 heavy (non-hydrogen) atoms. The SMILES string of the molecule is CCCn1c(NCc2ccc(C(F)(F)F)cc2)nc2c(c1=O)CN(C(=O)c1ccc(C)cc1F)CC2. The van der Waals surface area contributed by atoms with Crippen molar-refractivity contribution in [1.29, 1.82) is 0 Å². The Balaban J connectivity index is 1.57. The van der Waals surface area contributed by atoms with Crippen molar-refractivity contribution in [2.75, 3.05) is 11.9 Å². The first kappa shape index (κ1) is 25.4. The number of rotatable bonds is 6. The molecule has 0 fully saturated rings. The third kappa shape index (κ3) is 5.27. The lowest BCUT2D eigenvalue weighted by atomic mass is 10.0. The summed E-state index contributed by atoms with van der Waals surface area (Å²) in [4.78, 5) is 32.4. The number of aryl methyl sites for hydroxylation is 1. The number of amides is 1. The fraction of sp³-hybridized carbons (Fsp3) is 0.346. The van der Waals surface area contributed by atoms with Crippen molar-refractivity contribution in [2.45, 2.75) is 52.5 Å². The highest BCUT2D eigenvalue weighted by atomic mass is 19.4. The molecule has 1 aromatic heterocycles. The summed E-state index contributed by atoms with van der Waals surface area (Å²) >= 11 is 0. The van der Waals surface area contributed by atoms with Crippen molar-refractivity contribution < 1.29 is 22.4 Å². The first-order valence-corrected chi connectivity index (χ1v) is 11.7. The van der Waals surface area contributed by atoms with Crippen molar-refractivity contribution in [3.05, 3.63) is 92.1 Å². The van der Waals surface area contributed by atoms with Crippen LogP contribution in [0.4, 0.5) is 23.5 Å². The first-order valence-electron chi connectivity index (χ1n) is 11.7. The maximum Gasteiger partial charge on any atom is 0.416 e. The number of halogens is 4. The first-order chi connectivity index (χ1) is 17.1. The zero-order chi connectivity index (χ0) is 26.0.